The van der Waals surface area contributed by atoms with Crippen molar-refractivity contribution in [2.45, 2.75) is 51.5 Å². The van der Waals surface area contributed by atoms with E-state index < -0.39 is 12.0 Å². The van der Waals surface area contributed by atoms with E-state index in [1.165, 1.54) is 19.6 Å². The molecular formula is C20H27NO4S. The van der Waals surface area contributed by atoms with Gasteiger partial charge in [-0.05, 0) is 36.8 Å². The van der Waals surface area contributed by atoms with Crippen LogP contribution in [0.4, 0.5) is 0 Å². The van der Waals surface area contributed by atoms with Crippen molar-refractivity contribution in [3.8, 4) is 0 Å². The van der Waals surface area contributed by atoms with Crippen LogP contribution in [0.5, 0.6) is 0 Å². The van der Waals surface area contributed by atoms with Crippen LogP contribution in [0, 0.1) is 5.92 Å². The van der Waals surface area contributed by atoms with E-state index >= 15 is 0 Å². The van der Waals surface area contributed by atoms with E-state index in [9.17, 15) is 14.4 Å². The van der Waals surface area contributed by atoms with Crippen LogP contribution in [-0.4, -0.2) is 35.9 Å². The maximum atomic E-state index is 12.8. The summed E-state index contributed by atoms with van der Waals surface area (Å²) in [4.78, 5) is 36.2. The minimum Gasteiger partial charge on any atom is -0.467 e. The number of amides is 1. The molecule has 1 N–H and O–H groups in total. The molecule has 5 nitrogen and oxygen atoms in total. The molecule has 1 amide bonds. The number of esters is 1. The van der Waals surface area contributed by atoms with Crippen LogP contribution in [0.15, 0.2) is 24.3 Å². The second kappa shape index (κ2) is 10.4. The summed E-state index contributed by atoms with van der Waals surface area (Å²) >= 11 is 1.15. The molecule has 0 saturated carbocycles. The van der Waals surface area contributed by atoms with Crippen LogP contribution >= 0.6 is 11.8 Å². The molecule has 0 radical (unpaired) electrons. The molecule has 6 heteroatoms. The Hall–Kier alpha value is -1.82. The van der Waals surface area contributed by atoms with Gasteiger partial charge in [0, 0.05) is 12.7 Å². The minimum absolute atomic E-state index is 0.0123. The van der Waals surface area contributed by atoms with E-state index in [-0.39, 0.29) is 16.9 Å². The van der Waals surface area contributed by atoms with Crippen LogP contribution in [0.25, 0.3) is 0 Å². The van der Waals surface area contributed by atoms with E-state index in [4.69, 9.17) is 4.74 Å². The number of hydrogen-bond donors (Lipinski definition) is 1. The topological polar surface area (TPSA) is 72.5 Å². The van der Waals surface area contributed by atoms with Gasteiger partial charge in [0.05, 0.1) is 13.0 Å². The molecule has 2 rings (SSSR count). The Balaban J connectivity index is 2.25. The average molecular weight is 378 g/mol. The highest BCUT2D eigenvalue weighted by Crippen LogP contribution is 2.22. The molecule has 1 aromatic carbocycles. The van der Waals surface area contributed by atoms with E-state index in [2.05, 4.69) is 17.4 Å². The van der Waals surface area contributed by atoms with E-state index in [0.717, 1.165) is 43.0 Å². The number of aryl methyl sites for hydroxylation is 1. The Morgan fingerprint density at radius 3 is 2.62 bits per heavy atom. The van der Waals surface area contributed by atoms with Gasteiger partial charge in [-0.25, -0.2) is 4.79 Å². The number of benzene rings is 1. The smallest absolute Gasteiger partial charge is 0.328 e. The van der Waals surface area contributed by atoms with E-state index in [0.29, 0.717) is 18.6 Å². The first-order chi connectivity index (χ1) is 12.5. The predicted octanol–water partition coefficient (Wildman–Crippen LogP) is 2.90. The lowest BCUT2D eigenvalue weighted by molar-refractivity contribution is -0.145. The third-order valence-electron chi connectivity index (χ3n) is 4.68. The van der Waals surface area contributed by atoms with Crippen LogP contribution < -0.4 is 5.32 Å². The number of ether oxygens (including phenoxy) is 1. The van der Waals surface area contributed by atoms with Crippen LogP contribution in [-0.2, 0) is 32.0 Å². The largest absolute Gasteiger partial charge is 0.467 e. The minimum atomic E-state index is -0.619. The van der Waals surface area contributed by atoms with Crippen molar-refractivity contribution in [2.75, 3.05) is 12.9 Å². The van der Waals surface area contributed by atoms with Crippen molar-refractivity contribution in [3.63, 3.8) is 0 Å². The van der Waals surface area contributed by atoms with Crippen LogP contribution in [0.1, 0.15) is 43.7 Å². The molecule has 1 heterocycles. The fraction of sp³-hybridized carbons (Fsp3) is 0.550. The number of methoxy groups -OCH3 is 1. The van der Waals surface area contributed by atoms with Gasteiger partial charge in [-0.1, -0.05) is 48.9 Å². The summed E-state index contributed by atoms with van der Waals surface area (Å²) in [6.45, 7) is 1.50. The Bertz CT molecular complexity index is 646. The number of hydrogen-bond acceptors (Lipinski definition) is 5. The molecule has 26 heavy (non-hydrogen) atoms. The Morgan fingerprint density at radius 1 is 1.19 bits per heavy atom. The quantitative estimate of drug-likeness (QED) is 0.820. The number of thioether (sulfide) groups is 1. The molecular weight excluding hydrogens is 350 g/mol. The van der Waals surface area contributed by atoms with Crippen molar-refractivity contribution in [3.05, 3.63) is 35.4 Å². The van der Waals surface area contributed by atoms with Gasteiger partial charge in [0.15, 0.2) is 5.12 Å². The summed E-state index contributed by atoms with van der Waals surface area (Å²) in [6.07, 6.45) is 5.01. The summed E-state index contributed by atoms with van der Waals surface area (Å²) in [6, 6.07) is 7.56. The van der Waals surface area contributed by atoms with Crippen LogP contribution in [0.3, 0.4) is 0 Å². The molecule has 142 valence electrons. The third-order valence-corrected chi connectivity index (χ3v) is 5.66. The van der Waals surface area contributed by atoms with Crippen molar-refractivity contribution in [1.82, 2.24) is 5.32 Å². The monoisotopic (exact) mass is 377 g/mol. The Labute approximate surface area is 159 Å². The van der Waals surface area contributed by atoms with Crippen LogP contribution in [0.2, 0.25) is 0 Å². The molecule has 1 aliphatic heterocycles. The maximum absolute atomic E-state index is 12.8. The second-order valence-corrected chi connectivity index (χ2v) is 7.85. The normalized spacial score (nSPS) is 21.5. The second-order valence-electron chi connectivity index (χ2n) is 6.66. The van der Waals surface area contributed by atoms with Crippen molar-refractivity contribution in [2.24, 2.45) is 5.92 Å². The molecule has 0 aromatic heterocycles. The fourth-order valence-electron chi connectivity index (χ4n) is 3.23. The molecule has 0 fully saturated rings. The lowest BCUT2D eigenvalue weighted by Crippen LogP contribution is -2.45. The predicted molar refractivity (Wildman–Crippen MR) is 103 cm³/mol. The van der Waals surface area contributed by atoms with Gasteiger partial charge in [0.25, 0.3) is 0 Å². The summed E-state index contributed by atoms with van der Waals surface area (Å²) < 4.78 is 4.84. The molecule has 0 saturated heterocycles. The Kier molecular flexibility index (Phi) is 8.16. The van der Waals surface area contributed by atoms with Gasteiger partial charge in [-0.2, -0.15) is 0 Å². The highest BCUT2D eigenvalue weighted by Gasteiger charge is 2.27. The number of rotatable bonds is 3. The molecule has 0 unspecified atom stereocenters. The summed E-state index contributed by atoms with van der Waals surface area (Å²) in [5.41, 5.74) is 2.41. The molecule has 1 aliphatic rings. The first-order valence-electron chi connectivity index (χ1n) is 9.09. The zero-order valence-electron chi connectivity index (χ0n) is 15.5. The third kappa shape index (κ3) is 6.16. The average Bonchev–Trinajstić information content (AvgIpc) is 2.62. The summed E-state index contributed by atoms with van der Waals surface area (Å²) in [7, 11) is 1.34. The molecule has 0 bridgehead atoms. The highest BCUT2D eigenvalue weighted by molar-refractivity contribution is 8.13. The number of fused-ring (bicyclic) bond motifs is 1. The zero-order chi connectivity index (χ0) is 18.9. The molecule has 2 atom stereocenters. The van der Waals surface area contributed by atoms with Gasteiger partial charge in [-0.15, -0.1) is 0 Å². The van der Waals surface area contributed by atoms with Crippen molar-refractivity contribution < 1.29 is 19.1 Å². The van der Waals surface area contributed by atoms with Gasteiger partial charge in [0.1, 0.15) is 6.04 Å². The summed E-state index contributed by atoms with van der Waals surface area (Å²) in [5.74, 6) is -0.557. The van der Waals surface area contributed by atoms with Gasteiger partial charge in [0.2, 0.25) is 5.91 Å². The summed E-state index contributed by atoms with van der Waals surface area (Å²) in [5, 5.41) is 2.84. The standard InChI is InChI=1S/C20H27NO4S/c1-14(22)26-13-17-12-16-10-7-6-9-15(16)8-4-3-5-11-18(20(24)25-2)21-19(17)23/h6-7,9-10,17-18H,3-5,8,11-13H2,1-2H3,(H,21,23)/t17-,18-/m0/s1. The first kappa shape index (κ1) is 20.5. The molecule has 0 aliphatic carbocycles. The number of carbonyl (C=O) groups is 3. The lowest BCUT2D eigenvalue weighted by atomic mass is 9.92. The van der Waals surface area contributed by atoms with Gasteiger partial charge < -0.3 is 10.1 Å². The number of nitrogens with one attached hydrogen (secondary N) is 1. The first-order valence-corrected chi connectivity index (χ1v) is 10.1. The zero-order valence-corrected chi connectivity index (χ0v) is 16.3. The fourth-order valence-corrected chi connectivity index (χ4v) is 3.94. The molecule has 1 aromatic rings. The van der Waals surface area contributed by atoms with E-state index in [1.807, 2.05) is 12.1 Å². The molecule has 0 spiro atoms. The van der Waals surface area contributed by atoms with E-state index in [1.54, 1.807) is 0 Å². The maximum Gasteiger partial charge on any atom is 0.328 e. The van der Waals surface area contributed by atoms with Gasteiger partial charge >= 0.3 is 5.97 Å². The van der Waals surface area contributed by atoms with Crippen molar-refractivity contribution >= 4 is 28.8 Å². The lowest BCUT2D eigenvalue weighted by Gasteiger charge is -2.23. The van der Waals surface area contributed by atoms with Gasteiger partial charge in [-0.3, -0.25) is 9.59 Å². The highest BCUT2D eigenvalue weighted by atomic mass is 32.2. The van der Waals surface area contributed by atoms with Crippen molar-refractivity contribution in [1.29, 1.82) is 0 Å². The Morgan fingerprint density at radius 2 is 1.92 bits per heavy atom. The number of carbonyl (C=O) groups excluding carboxylic acids is 3. The SMILES string of the molecule is COC(=O)[C@@H]1CCCCCc2ccccc2C[C@@H](CSC(C)=O)C(=O)N1.